The number of benzene rings is 1. The highest BCUT2D eigenvalue weighted by molar-refractivity contribution is 9.10. The molecule has 1 aromatic rings. The number of nitrogens with two attached hydrogens (primary N) is 1. The minimum Gasteiger partial charge on any atom is -0.502 e. The van der Waals surface area contributed by atoms with Crippen LogP contribution in [0.2, 0.25) is 0 Å². The summed E-state index contributed by atoms with van der Waals surface area (Å²) in [5, 5.41) is 30.8. The second-order valence-corrected chi connectivity index (χ2v) is 6.10. The van der Waals surface area contributed by atoms with Crippen LogP contribution in [0.25, 0.3) is 0 Å². The summed E-state index contributed by atoms with van der Waals surface area (Å²) in [5.41, 5.74) is 5.65. The van der Waals surface area contributed by atoms with Crippen molar-refractivity contribution < 1.29 is 15.1 Å². The van der Waals surface area contributed by atoms with Crippen molar-refractivity contribution in [3.63, 3.8) is 0 Å². The zero-order valence-corrected chi connectivity index (χ0v) is 13.0. The predicted octanol–water partition coefficient (Wildman–Crippen LogP) is 2.86. The summed E-state index contributed by atoms with van der Waals surface area (Å²) >= 11 is 3.14. The SMILES string of the molecule is CC(C)CC[C@@H](O)[C@@H](N)c1cc(Br)cc([N+](=O)[O-])c1O. The Morgan fingerprint density at radius 2 is 2.00 bits per heavy atom. The molecule has 6 nitrogen and oxygen atoms in total. The molecule has 0 fully saturated rings. The number of nitro groups is 1. The number of aliphatic hydroxyl groups is 1. The number of rotatable bonds is 6. The Bertz CT molecular complexity index is 494. The molecule has 0 saturated carbocycles. The number of phenols is 1. The molecule has 1 aromatic carbocycles. The van der Waals surface area contributed by atoms with Gasteiger partial charge in [-0.15, -0.1) is 0 Å². The molecule has 0 heterocycles. The van der Waals surface area contributed by atoms with Crippen LogP contribution in [0, 0.1) is 16.0 Å². The van der Waals surface area contributed by atoms with Crippen molar-refractivity contribution in [3.05, 3.63) is 32.3 Å². The molecule has 0 bridgehead atoms. The monoisotopic (exact) mass is 346 g/mol. The maximum atomic E-state index is 10.9. The number of nitrogens with zero attached hydrogens (tertiary/aromatic N) is 1. The van der Waals surface area contributed by atoms with Gasteiger partial charge in [-0.05, 0) is 24.8 Å². The second kappa shape index (κ2) is 7.01. The Labute approximate surface area is 125 Å². The standard InChI is InChI=1S/C13H19BrN2O4/c1-7(2)3-4-11(17)12(15)9-5-8(14)6-10(13(9)18)16(19)20/h5-7,11-12,17-18H,3-4,15H2,1-2H3/t11-,12+/m1/s1. The van der Waals surface area contributed by atoms with Gasteiger partial charge < -0.3 is 15.9 Å². The van der Waals surface area contributed by atoms with E-state index >= 15 is 0 Å². The number of hydrogen-bond donors (Lipinski definition) is 3. The molecule has 0 aliphatic rings. The molecular weight excluding hydrogens is 328 g/mol. The third kappa shape index (κ3) is 4.16. The fraction of sp³-hybridized carbons (Fsp3) is 0.538. The van der Waals surface area contributed by atoms with Crippen LogP contribution in [0.4, 0.5) is 5.69 Å². The van der Waals surface area contributed by atoms with Crippen molar-refractivity contribution in [1.29, 1.82) is 0 Å². The topological polar surface area (TPSA) is 110 Å². The van der Waals surface area contributed by atoms with Gasteiger partial charge in [0.25, 0.3) is 0 Å². The zero-order chi connectivity index (χ0) is 15.4. The summed E-state index contributed by atoms with van der Waals surface area (Å²) in [5.74, 6) is -0.0726. The lowest BCUT2D eigenvalue weighted by Gasteiger charge is -2.21. The average molecular weight is 347 g/mol. The van der Waals surface area contributed by atoms with E-state index in [1.807, 2.05) is 13.8 Å². The molecule has 0 aliphatic carbocycles. The zero-order valence-electron chi connectivity index (χ0n) is 11.4. The molecule has 0 aromatic heterocycles. The van der Waals surface area contributed by atoms with Crippen molar-refractivity contribution in [2.75, 3.05) is 0 Å². The quantitative estimate of drug-likeness (QED) is 0.541. The van der Waals surface area contributed by atoms with Gasteiger partial charge in [-0.2, -0.15) is 0 Å². The molecule has 0 unspecified atom stereocenters. The Morgan fingerprint density at radius 3 is 2.50 bits per heavy atom. The van der Waals surface area contributed by atoms with E-state index in [4.69, 9.17) is 5.73 Å². The highest BCUT2D eigenvalue weighted by atomic mass is 79.9. The molecule has 0 radical (unpaired) electrons. The fourth-order valence-corrected chi connectivity index (χ4v) is 2.35. The third-order valence-corrected chi connectivity index (χ3v) is 3.55. The van der Waals surface area contributed by atoms with Gasteiger partial charge >= 0.3 is 5.69 Å². The molecule has 0 spiro atoms. The Hall–Kier alpha value is -1.18. The Kier molecular flexibility index (Phi) is 5.91. The molecule has 7 heteroatoms. The smallest absolute Gasteiger partial charge is 0.312 e. The lowest BCUT2D eigenvalue weighted by Crippen LogP contribution is -2.26. The van der Waals surface area contributed by atoms with Gasteiger partial charge in [-0.3, -0.25) is 10.1 Å². The van der Waals surface area contributed by atoms with E-state index in [-0.39, 0.29) is 5.56 Å². The summed E-state index contributed by atoms with van der Waals surface area (Å²) < 4.78 is 0.434. The first-order valence-corrected chi connectivity index (χ1v) is 7.13. The molecule has 0 amide bonds. The molecule has 4 N–H and O–H groups in total. The van der Waals surface area contributed by atoms with Crippen LogP contribution in [0.5, 0.6) is 5.75 Å². The normalized spacial score (nSPS) is 14.3. The number of hydrogen-bond acceptors (Lipinski definition) is 5. The van der Waals surface area contributed by atoms with Crippen LogP contribution in [0.1, 0.15) is 38.3 Å². The highest BCUT2D eigenvalue weighted by Crippen LogP contribution is 2.37. The minimum absolute atomic E-state index is 0.169. The van der Waals surface area contributed by atoms with Crippen LogP contribution in [0.3, 0.4) is 0 Å². The van der Waals surface area contributed by atoms with Crippen LogP contribution in [-0.4, -0.2) is 21.2 Å². The van der Waals surface area contributed by atoms with Crippen LogP contribution in [0.15, 0.2) is 16.6 Å². The van der Waals surface area contributed by atoms with E-state index < -0.39 is 28.5 Å². The van der Waals surface area contributed by atoms with E-state index in [9.17, 15) is 20.3 Å². The van der Waals surface area contributed by atoms with Crippen LogP contribution < -0.4 is 5.73 Å². The van der Waals surface area contributed by atoms with Gasteiger partial charge in [0.05, 0.1) is 17.1 Å². The van der Waals surface area contributed by atoms with E-state index in [1.54, 1.807) is 0 Å². The number of halogens is 1. The van der Waals surface area contributed by atoms with Gasteiger partial charge in [-0.1, -0.05) is 29.8 Å². The first kappa shape index (κ1) is 16.9. The molecule has 0 saturated heterocycles. The maximum absolute atomic E-state index is 10.9. The number of nitro benzene ring substituents is 1. The van der Waals surface area contributed by atoms with Crippen molar-refractivity contribution in [2.24, 2.45) is 11.7 Å². The van der Waals surface area contributed by atoms with Gasteiger partial charge in [0.1, 0.15) is 0 Å². The van der Waals surface area contributed by atoms with Crippen molar-refractivity contribution in [3.8, 4) is 5.75 Å². The summed E-state index contributed by atoms with van der Waals surface area (Å²) in [4.78, 5) is 10.2. The Morgan fingerprint density at radius 1 is 1.40 bits per heavy atom. The lowest BCUT2D eigenvalue weighted by atomic mass is 9.95. The van der Waals surface area contributed by atoms with Gasteiger partial charge in [0.15, 0.2) is 5.75 Å². The second-order valence-electron chi connectivity index (χ2n) is 5.18. The van der Waals surface area contributed by atoms with Crippen LogP contribution >= 0.6 is 15.9 Å². The molecule has 2 atom stereocenters. The summed E-state index contributed by atoms with van der Waals surface area (Å²) in [7, 11) is 0. The third-order valence-electron chi connectivity index (χ3n) is 3.09. The first-order valence-electron chi connectivity index (χ1n) is 6.34. The van der Waals surface area contributed by atoms with E-state index in [0.29, 0.717) is 16.8 Å². The number of phenolic OH excluding ortho intramolecular Hbond substituents is 1. The van der Waals surface area contributed by atoms with E-state index in [1.165, 1.54) is 12.1 Å². The highest BCUT2D eigenvalue weighted by Gasteiger charge is 2.26. The van der Waals surface area contributed by atoms with E-state index in [2.05, 4.69) is 15.9 Å². The summed E-state index contributed by atoms with van der Waals surface area (Å²) in [6.45, 7) is 4.05. The largest absolute Gasteiger partial charge is 0.502 e. The predicted molar refractivity (Wildman–Crippen MR) is 79.5 cm³/mol. The fourth-order valence-electron chi connectivity index (χ4n) is 1.89. The first-order chi connectivity index (χ1) is 9.23. The van der Waals surface area contributed by atoms with Crippen molar-refractivity contribution in [2.45, 2.75) is 38.8 Å². The lowest BCUT2D eigenvalue weighted by molar-refractivity contribution is -0.386. The van der Waals surface area contributed by atoms with Gasteiger partial charge in [0.2, 0.25) is 0 Å². The van der Waals surface area contributed by atoms with Crippen molar-refractivity contribution in [1.82, 2.24) is 0 Å². The Balaban J connectivity index is 3.03. The molecule has 20 heavy (non-hydrogen) atoms. The molecule has 0 aliphatic heterocycles. The molecule has 112 valence electrons. The molecule has 1 rings (SSSR count). The number of aromatic hydroxyl groups is 1. The van der Waals surface area contributed by atoms with Crippen molar-refractivity contribution >= 4 is 21.6 Å². The maximum Gasteiger partial charge on any atom is 0.312 e. The summed E-state index contributed by atoms with van der Waals surface area (Å²) in [6, 6.07) is 1.82. The van der Waals surface area contributed by atoms with Crippen LogP contribution in [-0.2, 0) is 0 Å². The van der Waals surface area contributed by atoms with Gasteiger partial charge in [-0.25, -0.2) is 0 Å². The summed E-state index contributed by atoms with van der Waals surface area (Å²) in [6.07, 6.45) is 0.391. The van der Waals surface area contributed by atoms with E-state index in [0.717, 1.165) is 6.42 Å². The minimum atomic E-state index is -0.870. The number of aliphatic hydroxyl groups excluding tert-OH is 1. The average Bonchev–Trinajstić information content (AvgIpc) is 2.36. The van der Waals surface area contributed by atoms with Gasteiger partial charge in [0, 0.05) is 16.1 Å². The molecular formula is C13H19BrN2O4.